The van der Waals surface area contributed by atoms with Crippen molar-refractivity contribution in [2.45, 2.75) is 38.5 Å². The van der Waals surface area contributed by atoms with Crippen molar-refractivity contribution in [1.29, 1.82) is 0 Å². The van der Waals surface area contributed by atoms with Gasteiger partial charge < -0.3 is 0 Å². The van der Waals surface area contributed by atoms with E-state index in [4.69, 9.17) is 0 Å². The van der Waals surface area contributed by atoms with Crippen LogP contribution in [0.4, 0.5) is 0 Å². The van der Waals surface area contributed by atoms with Crippen LogP contribution in [0.2, 0.25) is 0 Å². The van der Waals surface area contributed by atoms with Crippen LogP contribution in [0.5, 0.6) is 0 Å². The van der Waals surface area contributed by atoms with Gasteiger partial charge in [-0.1, -0.05) is 125 Å². The molecule has 0 unspecified atom stereocenters. The first-order chi connectivity index (χ1) is 21.3. The van der Waals surface area contributed by atoms with E-state index in [0.717, 1.165) is 0 Å². The third-order valence-electron chi connectivity index (χ3n) is 11.7. The van der Waals surface area contributed by atoms with E-state index in [2.05, 4.69) is 137 Å². The first-order valence-electron chi connectivity index (χ1n) is 15.9. The van der Waals surface area contributed by atoms with Crippen molar-refractivity contribution in [3.05, 3.63) is 131 Å². The highest BCUT2D eigenvalue weighted by Gasteiger charge is 2.44. The summed E-state index contributed by atoms with van der Waals surface area (Å²) < 4.78 is 0. The average Bonchev–Trinajstić information content (AvgIpc) is 3.41. The molecule has 2 aliphatic carbocycles. The van der Waals surface area contributed by atoms with E-state index in [1.165, 1.54) is 109 Å². The minimum atomic E-state index is -0.113. The Labute approximate surface area is 256 Å². The molecular weight excluding hydrogens is 528 g/mol. The van der Waals surface area contributed by atoms with Crippen LogP contribution < -0.4 is 0 Å². The van der Waals surface area contributed by atoms with Gasteiger partial charge in [-0.25, -0.2) is 0 Å². The molecule has 11 rings (SSSR count). The molecule has 9 aromatic rings. The smallest absolute Gasteiger partial charge is 0.0165 e. The normalized spacial score (nSPS) is 16.1. The number of hydrogen-bond acceptors (Lipinski definition) is 0. The number of fused-ring (bicyclic) bond motifs is 9. The average molecular weight is 559 g/mol. The fraction of sp³-hybridized carbons (Fsp3) is 0.136. The van der Waals surface area contributed by atoms with Gasteiger partial charge in [0.2, 0.25) is 0 Å². The molecule has 0 spiro atoms. The molecule has 0 heteroatoms. The zero-order valence-corrected chi connectivity index (χ0v) is 25.4. The Bertz CT molecular complexity index is 2730. The van der Waals surface area contributed by atoms with Crippen molar-refractivity contribution >= 4 is 64.6 Å². The van der Waals surface area contributed by atoms with Crippen LogP contribution >= 0.6 is 0 Å². The van der Waals surface area contributed by atoms with Crippen LogP contribution in [0.3, 0.4) is 0 Å². The second kappa shape index (κ2) is 7.22. The summed E-state index contributed by atoms with van der Waals surface area (Å²) in [6, 6.07) is 42.2. The fourth-order valence-corrected chi connectivity index (χ4v) is 9.69. The standard InChI is InChI=1S/C44H30/c1-43(2)33-22-34-32(21-31(33)40-29-19-18-24-9-5-8-23-16-17-27(20-35(40)43)39(29)36(23)24)41-28-12-6-10-25-14-15-26-11-7-13-30(38(26)37(25)28)42(41)44(34,3)4/h5-22H,1-4H3. The Hall–Kier alpha value is -4.94. The monoisotopic (exact) mass is 558 g/mol. The Morgan fingerprint density at radius 1 is 0.364 bits per heavy atom. The quantitative estimate of drug-likeness (QED) is 0.162. The van der Waals surface area contributed by atoms with E-state index < -0.39 is 0 Å². The zero-order valence-electron chi connectivity index (χ0n) is 25.4. The lowest BCUT2D eigenvalue weighted by atomic mass is 9.76. The van der Waals surface area contributed by atoms with Crippen LogP contribution in [-0.2, 0) is 10.8 Å². The van der Waals surface area contributed by atoms with E-state index in [-0.39, 0.29) is 10.8 Å². The van der Waals surface area contributed by atoms with E-state index >= 15 is 0 Å². The van der Waals surface area contributed by atoms with Crippen molar-refractivity contribution in [1.82, 2.24) is 0 Å². The highest BCUT2D eigenvalue weighted by Crippen LogP contribution is 2.61. The molecule has 9 aromatic carbocycles. The van der Waals surface area contributed by atoms with Gasteiger partial charge in [0.25, 0.3) is 0 Å². The molecule has 0 aliphatic heterocycles. The molecule has 0 saturated carbocycles. The molecule has 0 atom stereocenters. The molecule has 0 aromatic heterocycles. The summed E-state index contributed by atoms with van der Waals surface area (Å²) in [4.78, 5) is 0. The summed E-state index contributed by atoms with van der Waals surface area (Å²) in [7, 11) is 0. The summed E-state index contributed by atoms with van der Waals surface area (Å²) in [6.07, 6.45) is 0. The molecule has 0 bridgehead atoms. The van der Waals surface area contributed by atoms with Gasteiger partial charge in [0.05, 0.1) is 0 Å². The largest absolute Gasteiger partial charge is 0.0610 e. The zero-order chi connectivity index (χ0) is 29.3. The molecule has 2 aliphatic rings. The van der Waals surface area contributed by atoms with Crippen molar-refractivity contribution in [2.75, 3.05) is 0 Å². The molecule has 206 valence electrons. The number of rotatable bonds is 0. The maximum Gasteiger partial charge on any atom is 0.0165 e. The van der Waals surface area contributed by atoms with Crippen LogP contribution in [-0.4, -0.2) is 0 Å². The molecule has 44 heavy (non-hydrogen) atoms. The predicted molar refractivity (Wildman–Crippen MR) is 189 cm³/mol. The molecule has 0 amide bonds. The van der Waals surface area contributed by atoms with Gasteiger partial charge in [-0.3, -0.25) is 0 Å². The SMILES string of the molecule is CC1(C)c2cc3c(cc2-c2c1cc1ccc4cccc5ccc2c1c45)-c1c(c2cccc4ccc5cccc1c5c42)C3(C)C. The highest BCUT2D eigenvalue weighted by molar-refractivity contribution is 6.30. The first kappa shape index (κ1) is 23.5. The van der Waals surface area contributed by atoms with Crippen molar-refractivity contribution in [3.63, 3.8) is 0 Å². The highest BCUT2D eigenvalue weighted by atomic mass is 14.5. The third-order valence-corrected chi connectivity index (χ3v) is 11.7. The van der Waals surface area contributed by atoms with Crippen molar-refractivity contribution < 1.29 is 0 Å². The van der Waals surface area contributed by atoms with Gasteiger partial charge >= 0.3 is 0 Å². The second-order valence-corrected chi connectivity index (χ2v) is 14.5. The van der Waals surface area contributed by atoms with Gasteiger partial charge in [0.1, 0.15) is 0 Å². The lowest BCUT2D eigenvalue weighted by molar-refractivity contribution is 0.642. The van der Waals surface area contributed by atoms with Gasteiger partial charge in [0.15, 0.2) is 0 Å². The lowest BCUT2D eigenvalue weighted by Crippen LogP contribution is -2.19. The summed E-state index contributed by atoms with van der Waals surface area (Å²) in [5.41, 5.74) is 11.4. The second-order valence-electron chi connectivity index (χ2n) is 14.5. The van der Waals surface area contributed by atoms with Crippen LogP contribution in [0.1, 0.15) is 49.9 Å². The Morgan fingerprint density at radius 3 is 1.59 bits per heavy atom. The van der Waals surface area contributed by atoms with E-state index in [0.29, 0.717) is 0 Å². The van der Waals surface area contributed by atoms with E-state index in [1.54, 1.807) is 0 Å². The van der Waals surface area contributed by atoms with Crippen LogP contribution in [0.15, 0.2) is 109 Å². The maximum atomic E-state index is 2.60. The Balaban J connectivity index is 1.32. The van der Waals surface area contributed by atoms with Gasteiger partial charge in [0, 0.05) is 10.8 Å². The fourth-order valence-electron chi connectivity index (χ4n) is 9.69. The summed E-state index contributed by atoms with van der Waals surface area (Å²) >= 11 is 0. The molecule has 0 N–H and O–H groups in total. The van der Waals surface area contributed by atoms with E-state index in [1.807, 2.05) is 0 Å². The third kappa shape index (κ3) is 2.46. The lowest BCUT2D eigenvalue weighted by Gasteiger charge is -2.27. The van der Waals surface area contributed by atoms with Crippen molar-refractivity contribution in [2.24, 2.45) is 0 Å². The van der Waals surface area contributed by atoms with E-state index in [9.17, 15) is 0 Å². The summed E-state index contributed by atoms with van der Waals surface area (Å²) in [5, 5.41) is 16.5. The van der Waals surface area contributed by atoms with Gasteiger partial charge in [-0.15, -0.1) is 0 Å². The van der Waals surface area contributed by atoms with Gasteiger partial charge in [-0.2, -0.15) is 0 Å². The Morgan fingerprint density at radius 2 is 0.864 bits per heavy atom. The summed E-state index contributed by atoms with van der Waals surface area (Å²) in [5.74, 6) is 0. The molecule has 0 heterocycles. The topological polar surface area (TPSA) is 0 Å². The maximum absolute atomic E-state index is 2.60. The van der Waals surface area contributed by atoms with Crippen molar-refractivity contribution in [3.8, 4) is 22.3 Å². The van der Waals surface area contributed by atoms with Crippen LogP contribution in [0.25, 0.3) is 86.9 Å². The first-order valence-corrected chi connectivity index (χ1v) is 15.9. The minimum absolute atomic E-state index is 0.0910. The number of benzene rings is 9. The molecule has 0 saturated heterocycles. The van der Waals surface area contributed by atoms with Gasteiger partial charge in [-0.05, 0) is 121 Å². The summed E-state index contributed by atoms with van der Waals surface area (Å²) in [6.45, 7) is 9.79. The minimum Gasteiger partial charge on any atom is -0.0610 e. The molecule has 0 nitrogen and oxygen atoms in total. The predicted octanol–water partition coefficient (Wildman–Crippen LogP) is 12.1. The number of hydrogen-bond donors (Lipinski definition) is 0. The Kier molecular flexibility index (Phi) is 3.86. The van der Waals surface area contributed by atoms with Crippen LogP contribution in [0, 0.1) is 0 Å². The molecule has 0 radical (unpaired) electrons. The molecule has 0 fully saturated rings. The molecular formula is C44H30.